The van der Waals surface area contributed by atoms with Crippen molar-refractivity contribution in [1.82, 2.24) is 20.3 Å². The third-order valence-electron chi connectivity index (χ3n) is 2.90. The maximum Gasteiger partial charge on any atom is 0.185 e. The van der Waals surface area contributed by atoms with Crippen LogP contribution in [-0.2, 0) is 7.05 Å². The molecule has 1 aromatic rings. The van der Waals surface area contributed by atoms with Crippen LogP contribution in [0.5, 0.6) is 0 Å². The Morgan fingerprint density at radius 3 is 2.86 bits per heavy atom. The number of aromatic nitrogens is 3. The minimum atomic E-state index is 0.0634. The highest BCUT2D eigenvalue weighted by Gasteiger charge is 2.30. The van der Waals surface area contributed by atoms with Gasteiger partial charge in [0.2, 0.25) is 0 Å². The molecule has 1 aromatic heterocycles. The molecule has 2 rings (SSSR count). The molecule has 1 aliphatic heterocycles. The Balaban J connectivity index is 2.11. The second-order valence-corrected chi connectivity index (χ2v) is 3.81. The van der Waals surface area contributed by atoms with Gasteiger partial charge in [-0.15, -0.1) is 5.10 Å². The summed E-state index contributed by atoms with van der Waals surface area (Å²) in [5.74, 6) is 0.676. The largest absolute Gasteiger partial charge is 0.316 e. The first kappa shape index (κ1) is 9.33. The number of aryl methyl sites for hydroxylation is 1. The maximum atomic E-state index is 11.9. The number of carbonyl (C=O) groups excluding carboxylic acids is 1. The predicted molar refractivity (Wildman–Crippen MR) is 50.9 cm³/mol. The lowest BCUT2D eigenvalue weighted by Crippen LogP contribution is -2.47. The minimum absolute atomic E-state index is 0.0634. The number of hydrogen-bond acceptors (Lipinski definition) is 4. The van der Waals surface area contributed by atoms with Crippen molar-refractivity contribution in [3.05, 3.63) is 11.9 Å². The van der Waals surface area contributed by atoms with Crippen LogP contribution in [0, 0.1) is 11.8 Å². The van der Waals surface area contributed by atoms with Crippen LogP contribution in [0.2, 0.25) is 0 Å². The van der Waals surface area contributed by atoms with Gasteiger partial charge >= 0.3 is 0 Å². The Morgan fingerprint density at radius 2 is 2.43 bits per heavy atom. The van der Waals surface area contributed by atoms with Crippen LogP contribution in [0.3, 0.4) is 0 Å². The number of rotatable bonds is 3. The molecule has 1 atom stereocenters. The molecule has 1 fully saturated rings. The Labute approximate surface area is 82.5 Å². The molecule has 0 aromatic carbocycles. The van der Waals surface area contributed by atoms with Gasteiger partial charge in [-0.05, 0) is 19.0 Å². The Morgan fingerprint density at radius 1 is 1.71 bits per heavy atom. The van der Waals surface area contributed by atoms with Crippen LogP contribution in [0.1, 0.15) is 17.4 Å². The van der Waals surface area contributed by atoms with Crippen molar-refractivity contribution in [3.8, 4) is 0 Å². The molecule has 0 spiro atoms. The summed E-state index contributed by atoms with van der Waals surface area (Å²) in [4.78, 5) is 11.9. The molecule has 0 amide bonds. The van der Waals surface area contributed by atoms with E-state index in [1.165, 1.54) is 10.9 Å². The number of ketones is 1. The highest BCUT2D eigenvalue weighted by atomic mass is 16.1. The average Bonchev–Trinajstić information content (AvgIpc) is 2.47. The molecule has 1 aliphatic rings. The molecular weight excluding hydrogens is 180 g/mol. The summed E-state index contributed by atoms with van der Waals surface area (Å²) in [6, 6.07) is 0. The number of nitrogens with one attached hydrogen (secondary N) is 1. The van der Waals surface area contributed by atoms with Gasteiger partial charge in [-0.2, -0.15) is 0 Å². The van der Waals surface area contributed by atoms with Gasteiger partial charge in [0, 0.05) is 13.0 Å². The predicted octanol–water partition coefficient (Wildman–Crippen LogP) is -0.147. The summed E-state index contributed by atoms with van der Waals surface area (Å²) in [6.07, 6.45) is 1.53. The quantitative estimate of drug-likeness (QED) is 0.680. The summed E-state index contributed by atoms with van der Waals surface area (Å²) >= 11 is 0. The first-order chi connectivity index (χ1) is 6.70. The third-order valence-corrected chi connectivity index (χ3v) is 2.90. The van der Waals surface area contributed by atoms with Gasteiger partial charge in [-0.1, -0.05) is 12.1 Å². The average molecular weight is 194 g/mol. The molecular formula is C9H14N4O. The van der Waals surface area contributed by atoms with Gasteiger partial charge in [0.1, 0.15) is 5.69 Å². The zero-order valence-electron chi connectivity index (χ0n) is 8.40. The van der Waals surface area contributed by atoms with E-state index in [2.05, 4.69) is 15.6 Å². The van der Waals surface area contributed by atoms with Gasteiger partial charge < -0.3 is 5.32 Å². The summed E-state index contributed by atoms with van der Waals surface area (Å²) < 4.78 is 1.53. The van der Waals surface area contributed by atoms with E-state index in [-0.39, 0.29) is 11.7 Å². The van der Waals surface area contributed by atoms with Crippen LogP contribution in [-0.4, -0.2) is 33.9 Å². The van der Waals surface area contributed by atoms with Gasteiger partial charge in [0.15, 0.2) is 5.78 Å². The zero-order valence-corrected chi connectivity index (χ0v) is 8.40. The van der Waals surface area contributed by atoms with Crippen molar-refractivity contribution in [3.63, 3.8) is 0 Å². The van der Waals surface area contributed by atoms with E-state index < -0.39 is 0 Å². The fourth-order valence-corrected chi connectivity index (χ4v) is 1.62. The molecule has 0 radical (unpaired) electrons. The van der Waals surface area contributed by atoms with Gasteiger partial charge in [0.05, 0.1) is 6.20 Å². The molecule has 76 valence electrons. The van der Waals surface area contributed by atoms with Crippen LogP contribution in [0.25, 0.3) is 0 Å². The first-order valence-electron chi connectivity index (χ1n) is 4.79. The lowest BCUT2D eigenvalue weighted by atomic mass is 9.85. The zero-order chi connectivity index (χ0) is 10.1. The number of nitrogens with zero attached hydrogens (tertiary/aromatic N) is 3. The van der Waals surface area contributed by atoms with Crippen molar-refractivity contribution in [2.45, 2.75) is 6.92 Å². The molecule has 0 bridgehead atoms. The fourth-order valence-electron chi connectivity index (χ4n) is 1.62. The van der Waals surface area contributed by atoms with Crippen molar-refractivity contribution >= 4 is 5.78 Å². The van der Waals surface area contributed by atoms with Crippen molar-refractivity contribution in [2.75, 3.05) is 13.1 Å². The molecule has 1 saturated heterocycles. The highest BCUT2D eigenvalue weighted by Crippen LogP contribution is 2.19. The highest BCUT2D eigenvalue weighted by molar-refractivity contribution is 5.96. The topological polar surface area (TPSA) is 59.8 Å². The van der Waals surface area contributed by atoms with Crippen LogP contribution in [0.15, 0.2) is 6.20 Å². The Hall–Kier alpha value is -1.23. The van der Waals surface area contributed by atoms with E-state index in [4.69, 9.17) is 0 Å². The van der Waals surface area contributed by atoms with E-state index in [9.17, 15) is 4.79 Å². The first-order valence-corrected chi connectivity index (χ1v) is 4.79. The lowest BCUT2D eigenvalue weighted by molar-refractivity contribution is 0.0844. The molecule has 0 aliphatic carbocycles. The minimum Gasteiger partial charge on any atom is -0.316 e. The summed E-state index contributed by atoms with van der Waals surface area (Å²) in [5.41, 5.74) is 0.601. The third kappa shape index (κ3) is 1.43. The van der Waals surface area contributed by atoms with E-state index in [0.29, 0.717) is 11.6 Å². The standard InChI is InChI=1S/C9H14N4O/c1-6(7-3-10-4-7)9(14)8-5-11-12-13(8)2/h5-7,10H,3-4H2,1-2H3. The smallest absolute Gasteiger partial charge is 0.185 e. The van der Waals surface area contributed by atoms with Gasteiger partial charge in [-0.25, -0.2) is 4.68 Å². The SMILES string of the molecule is CC(C(=O)c1cnnn1C)C1CNC1. The van der Waals surface area contributed by atoms with Crippen molar-refractivity contribution in [1.29, 1.82) is 0 Å². The molecule has 5 nitrogen and oxygen atoms in total. The normalized spacial score (nSPS) is 19.0. The van der Waals surface area contributed by atoms with Crippen LogP contribution in [0.4, 0.5) is 0 Å². The molecule has 1 N–H and O–H groups in total. The van der Waals surface area contributed by atoms with Gasteiger partial charge in [-0.3, -0.25) is 4.79 Å². The van der Waals surface area contributed by atoms with Crippen LogP contribution >= 0.6 is 0 Å². The van der Waals surface area contributed by atoms with Crippen molar-refractivity contribution < 1.29 is 4.79 Å². The Kier molecular flexibility index (Phi) is 2.33. The number of hydrogen-bond donors (Lipinski definition) is 1. The molecule has 14 heavy (non-hydrogen) atoms. The molecule has 5 heteroatoms. The van der Waals surface area contributed by atoms with E-state index in [1.807, 2.05) is 6.92 Å². The number of carbonyl (C=O) groups is 1. The van der Waals surface area contributed by atoms with Crippen molar-refractivity contribution in [2.24, 2.45) is 18.9 Å². The maximum absolute atomic E-state index is 11.9. The fraction of sp³-hybridized carbons (Fsp3) is 0.667. The monoisotopic (exact) mass is 194 g/mol. The molecule has 1 unspecified atom stereocenters. The number of Topliss-reactive ketones (excluding diaryl/α,β-unsaturated/α-hetero) is 1. The van der Waals surface area contributed by atoms with Gasteiger partial charge in [0.25, 0.3) is 0 Å². The van der Waals surface area contributed by atoms with E-state index in [1.54, 1.807) is 7.05 Å². The Bertz CT molecular complexity index is 342. The van der Waals surface area contributed by atoms with E-state index in [0.717, 1.165) is 13.1 Å². The summed E-state index contributed by atoms with van der Waals surface area (Å²) in [7, 11) is 1.74. The lowest BCUT2D eigenvalue weighted by Gasteiger charge is -2.31. The summed E-state index contributed by atoms with van der Waals surface area (Å²) in [6.45, 7) is 3.86. The van der Waals surface area contributed by atoms with E-state index >= 15 is 0 Å². The van der Waals surface area contributed by atoms with Crippen LogP contribution < -0.4 is 5.32 Å². The second-order valence-electron chi connectivity index (χ2n) is 3.81. The molecule has 2 heterocycles. The second kappa shape index (κ2) is 3.49. The summed E-state index contributed by atoms with van der Waals surface area (Å²) in [5, 5.41) is 10.6. The molecule has 0 saturated carbocycles.